The Morgan fingerprint density at radius 2 is 1.60 bits per heavy atom. The molecule has 2 aromatic rings. The maximum Gasteiger partial charge on any atom is 0.416 e. The number of hydrogen-bond donors (Lipinski definition) is 0. The van der Waals surface area contributed by atoms with Gasteiger partial charge in [0, 0.05) is 52.7 Å². The monoisotopic (exact) mass is 618 g/mol. The number of nitrogens with zero attached hydrogens (tertiary/aromatic N) is 4. The number of piperazine rings is 1. The Balaban J connectivity index is 0.00000162. The first kappa shape index (κ1) is 34.1. The van der Waals surface area contributed by atoms with Crippen molar-refractivity contribution >= 4 is 11.9 Å². The number of benzene rings is 2. The number of piperidine rings is 1. The summed E-state index contributed by atoms with van der Waals surface area (Å²) in [6, 6.07) is 5.27. The summed E-state index contributed by atoms with van der Waals surface area (Å²) in [5, 5.41) is 0. The van der Waals surface area contributed by atoms with Gasteiger partial charge in [0.25, 0.3) is 0 Å². The van der Waals surface area contributed by atoms with Gasteiger partial charge in [-0.05, 0) is 73.7 Å². The summed E-state index contributed by atoms with van der Waals surface area (Å²) < 4.78 is 87.3. The standard InChI is InChI=1S/C29H35F5N4O2.CH2F2/c1-18-13-23(30)5-6-26(18)27-17-25(37-11-9-36(10-12-37)20(3)39)7-8-38(27)28(40)35(4)19(2)21-14-22(29(32,33)34)16-24(31)15-21;2-1-3/h5-6,13-16,19,25,27H,7-12,17H2,1-4H3;1H2/t19-,25+,27-;/m1./s1. The highest BCUT2D eigenvalue weighted by atomic mass is 19.4. The third-order valence-corrected chi connectivity index (χ3v) is 8.30. The summed E-state index contributed by atoms with van der Waals surface area (Å²) in [7, 11) is 1.49. The molecule has 238 valence electrons. The van der Waals surface area contributed by atoms with E-state index in [-0.39, 0.29) is 23.3 Å². The molecule has 2 fully saturated rings. The SMILES string of the molecule is CC(=O)N1CCN([C@H]2CCN(C(=O)N(C)[C@H](C)c3cc(F)cc(C(F)(F)F)c3)[C@@H](c3ccc(F)cc3C)C2)CC1.FCF. The molecule has 2 aliphatic rings. The van der Waals surface area contributed by atoms with Crippen LogP contribution in [-0.2, 0) is 11.0 Å². The third kappa shape index (κ3) is 8.39. The van der Waals surface area contributed by atoms with Gasteiger partial charge in [-0.2, -0.15) is 13.2 Å². The molecule has 6 nitrogen and oxygen atoms in total. The van der Waals surface area contributed by atoms with Crippen LogP contribution in [0.4, 0.5) is 35.5 Å². The van der Waals surface area contributed by atoms with E-state index < -0.39 is 42.6 Å². The smallest absolute Gasteiger partial charge is 0.340 e. The van der Waals surface area contributed by atoms with E-state index in [4.69, 9.17) is 0 Å². The Hall–Kier alpha value is -3.35. The van der Waals surface area contributed by atoms with Gasteiger partial charge < -0.3 is 14.7 Å². The Morgan fingerprint density at radius 1 is 0.977 bits per heavy atom. The highest BCUT2D eigenvalue weighted by Gasteiger charge is 2.39. The fourth-order valence-corrected chi connectivity index (χ4v) is 5.83. The van der Waals surface area contributed by atoms with Crippen molar-refractivity contribution in [2.75, 3.05) is 46.7 Å². The van der Waals surface area contributed by atoms with Gasteiger partial charge in [0.15, 0.2) is 0 Å². The molecule has 3 amide bonds. The van der Waals surface area contributed by atoms with Crippen LogP contribution in [0, 0.1) is 18.6 Å². The van der Waals surface area contributed by atoms with Gasteiger partial charge in [0.05, 0.1) is 17.6 Å². The number of carbonyl (C=O) groups is 2. The molecular weight excluding hydrogens is 581 g/mol. The van der Waals surface area contributed by atoms with Gasteiger partial charge in [-0.25, -0.2) is 22.4 Å². The average Bonchev–Trinajstić information content (AvgIpc) is 2.95. The minimum Gasteiger partial charge on any atom is -0.340 e. The van der Waals surface area contributed by atoms with Crippen LogP contribution < -0.4 is 0 Å². The first-order chi connectivity index (χ1) is 20.2. The van der Waals surface area contributed by atoms with E-state index in [1.165, 1.54) is 24.1 Å². The summed E-state index contributed by atoms with van der Waals surface area (Å²) in [5.74, 6) is -1.37. The zero-order valence-corrected chi connectivity index (χ0v) is 24.6. The van der Waals surface area contributed by atoms with Crippen LogP contribution in [0.25, 0.3) is 0 Å². The first-order valence-electron chi connectivity index (χ1n) is 14.0. The van der Waals surface area contributed by atoms with E-state index in [0.717, 1.165) is 17.7 Å². The van der Waals surface area contributed by atoms with E-state index in [0.29, 0.717) is 57.2 Å². The van der Waals surface area contributed by atoms with Crippen molar-refractivity contribution < 1.29 is 40.3 Å². The molecule has 0 bridgehead atoms. The van der Waals surface area contributed by atoms with Gasteiger partial charge >= 0.3 is 12.2 Å². The summed E-state index contributed by atoms with van der Waals surface area (Å²) in [6.45, 7) is 6.21. The van der Waals surface area contributed by atoms with Crippen molar-refractivity contribution in [1.29, 1.82) is 0 Å². The number of hydrogen-bond acceptors (Lipinski definition) is 3. The lowest BCUT2D eigenvalue weighted by atomic mass is 9.88. The second-order valence-corrected chi connectivity index (χ2v) is 10.9. The molecule has 3 atom stereocenters. The molecule has 0 unspecified atom stereocenters. The Bertz CT molecular complexity index is 1270. The number of rotatable bonds is 4. The number of urea groups is 1. The molecular formula is C30H37F7N4O2. The van der Waals surface area contributed by atoms with Crippen molar-refractivity contribution in [3.05, 3.63) is 70.3 Å². The molecule has 2 saturated heterocycles. The highest BCUT2D eigenvalue weighted by Crippen LogP contribution is 2.38. The maximum absolute atomic E-state index is 14.1. The number of alkyl halides is 5. The van der Waals surface area contributed by atoms with Crippen LogP contribution in [0.1, 0.15) is 61.0 Å². The molecule has 0 radical (unpaired) electrons. The summed E-state index contributed by atoms with van der Waals surface area (Å²) in [6.07, 6.45) is -3.47. The van der Waals surface area contributed by atoms with Crippen LogP contribution in [-0.4, -0.2) is 84.3 Å². The fraction of sp³-hybridized carbons (Fsp3) is 0.533. The summed E-state index contributed by atoms with van der Waals surface area (Å²) in [5.41, 5.74) is 0.421. The minimum absolute atomic E-state index is 0.0379. The molecule has 0 N–H and O–H groups in total. The lowest BCUT2D eigenvalue weighted by molar-refractivity contribution is -0.138. The van der Waals surface area contributed by atoms with Gasteiger partial charge in [-0.1, -0.05) is 6.07 Å². The molecule has 0 aromatic heterocycles. The lowest BCUT2D eigenvalue weighted by Gasteiger charge is -2.47. The van der Waals surface area contributed by atoms with Gasteiger partial charge in [-0.3, -0.25) is 9.69 Å². The summed E-state index contributed by atoms with van der Waals surface area (Å²) >= 11 is 0. The van der Waals surface area contributed by atoms with Crippen LogP contribution in [0.15, 0.2) is 36.4 Å². The Labute approximate surface area is 247 Å². The topological polar surface area (TPSA) is 47.1 Å². The van der Waals surface area contributed by atoms with Crippen molar-refractivity contribution in [3.8, 4) is 0 Å². The second-order valence-electron chi connectivity index (χ2n) is 10.9. The first-order valence-corrected chi connectivity index (χ1v) is 14.0. The molecule has 0 spiro atoms. The summed E-state index contributed by atoms with van der Waals surface area (Å²) in [4.78, 5) is 32.8. The predicted octanol–water partition coefficient (Wildman–Crippen LogP) is 6.66. The maximum atomic E-state index is 14.1. The number of likely N-dealkylation sites (tertiary alicyclic amines) is 1. The molecule has 13 heteroatoms. The molecule has 0 aliphatic carbocycles. The van der Waals surface area contributed by atoms with Crippen molar-refractivity contribution in [2.45, 2.75) is 57.9 Å². The Kier molecular flexibility index (Phi) is 11.4. The molecule has 0 saturated carbocycles. The van der Waals surface area contributed by atoms with E-state index >= 15 is 0 Å². The van der Waals surface area contributed by atoms with E-state index in [9.17, 15) is 40.3 Å². The van der Waals surface area contributed by atoms with Crippen LogP contribution in [0.3, 0.4) is 0 Å². The number of carbonyl (C=O) groups excluding carboxylic acids is 2. The largest absolute Gasteiger partial charge is 0.416 e. The van der Waals surface area contributed by atoms with E-state index in [1.54, 1.807) is 31.7 Å². The third-order valence-electron chi connectivity index (χ3n) is 8.30. The van der Waals surface area contributed by atoms with Crippen molar-refractivity contribution in [2.24, 2.45) is 0 Å². The molecule has 4 rings (SSSR count). The van der Waals surface area contributed by atoms with Crippen molar-refractivity contribution in [3.63, 3.8) is 0 Å². The van der Waals surface area contributed by atoms with Crippen LogP contribution >= 0.6 is 0 Å². The number of aryl methyl sites for hydroxylation is 1. The Morgan fingerprint density at radius 3 is 2.16 bits per heavy atom. The van der Waals surface area contributed by atoms with E-state index in [1.807, 2.05) is 4.90 Å². The zero-order chi connectivity index (χ0) is 32.1. The van der Waals surface area contributed by atoms with Gasteiger partial charge in [-0.15, -0.1) is 0 Å². The normalized spacial score (nSPS) is 20.3. The van der Waals surface area contributed by atoms with E-state index in [2.05, 4.69) is 4.90 Å². The lowest BCUT2D eigenvalue weighted by Crippen LogP contribution is -2.56. The van der Waals surface area contributed by atoms with Crippen molar-refractivity contribution in [1.82, 2.24) is 19.6 Å². The van der Waals surface area contributed by atoms with Crippen LogP contribution in [0.5, 0.6) is 0 Å². The minimum atomic E-state index is -4.72. The van der Waals surface area contributed by atoms with Gasteiger partial charge in [0.1, 0.15) is 11.6 Å². The number of halogens is 7. The zero-order valence-electron chi connectivity index (χ0n) is 24.6. The average molecular weight is 619 g/mol. The number of amides is 3. The molecule has 2 aromatic carbocycles. The highest BCUT2D eigenvalue weighted by molar-refractivity contribution is 5.75. The van der Waals surface area contributed by atoms with Gasteiger partial charge in [0.2, 0.25) is 12.8 Å². The molecule has 43 heavy (non-hydrogen) atoms. The predicted molar refractivity (Wildman–Crippen MR) is 147 cm³/mol. The quantitative estimate of drug-likeness (QED) is 0.361. The second kappa shape index (κ2) is 14.4. The fourth-order valence-electron chi connectivity index (χ4n) is 5.83. The molecule has 2 heterocycles. The van der Waals surface area contributed by atoms with Crippen LogP contribution in [0.2, 0.25) is 0 Å². The molecule has 2 aliphatic heterocycles.